The molecule has 2 aromatic heterocycles. The van der Waals surface area contributed by atoms with Crippen LogP contribution in [0.5, 0.6) is 0 Å². The summed E-state index contributed by atoms with van der Waals surface area (Å²) in [4.78, 5) is 13.1. The van der Waals surface area contributed by atoms with E-state index in [0.717, 1.165) is 21.7 Å². The average molecular weight is 294 g/mol. The number of benzene rings is 1. The standard InChI is InChI=1S/C16H14N4S/c1-10-11(2)21-16-14(10)15(18-9-19-16)20(3)13-6-4-12(8-17)5-7-13/h4-7,9H,1-3H3. The average Bonchev–Trinajstić information content (AvgIpc) is 2.81. The van der Waals surface area contributed by atoms with E-state index >= 15 is 0 Å². The molecular formula is C16H14N4S. The Hall–Kier alpha value is -2.45. The van der Waals surface area contributed by atoms with Gasteiger partial charge in [-0.25, -0.2) is 9.97 Å². The summed E-state index contributed by atoms with van der Waals surface area (Å²) in [5.41, 5.74) is 2.88. The third-order valence-electron chi connectivity index (χ3n) is 3.65. The fourth-order valence-corrected chi connectivity index (χ4v) is 3.29. The summed E-state index contributed by atoms with van der Waals surface area (Å²) >= 11 is 1.69. The number of rotatable bonds is 2. The first-order chi connectivity index (χ1) is 10.1. The Morgan fingerprint density at radius 1 is 1.14 bits per heavy atom. The van der Waals surface area contributed by atoms with Gasteiger partial charge in [-0.3, -0.25) is 0 Å². The predicted octanol–water partition coefficient (Wildman–Crippen LogP) is 3.95. The third kappa shape index (κ3) is 2.24. The van der Waals surface area contributed by atoms with E-state index in [1.54, 1.807) is 17.7 Å². The minimum atomic E-state index is 0.655. The second-order valence-electron chi connectivity index (χ2n) is 4.88. The number of nitriles is 1. The number of fused-ring (bicyclic) bond motifs is 1. The van der Waals surface area contributed by atoms with E-state index < -0.39 is 0 Å². The lowest BCUT2D eigenvalue weighted by Gasteiger charge is -2.19. The molecule has 0 radical (unpaired) electrons. The number of hydrogen-bond donors (Lipinski definition) is 0. The van der Waals surface area contributed by atoms with E-state index in [0.29, 0.717) is 5.56 Å². The number of hydrogen-bond acceptors (Lipinski definition) is 5. The number of anilines is 2. The van der Waals surface area contributed by atoms with Gasteiger partial charge in [0.25, 0.3) is 0 Å². The molecule has 4 nitrogen and oxygen atoms in total. The molecule has 0 unspecified atom stereocenters. The van der Waals surface area contributed by atoms with Gasteiger partial charge < -0.3 is 4.90 Å². The molecule has 0 saturated heterocycles. The van der Waals surface area contributed by atoms with Crippen LogP contribution in [0.1, 0.15) is 16.0 Å². The zero-order chi connectivity index (χ0) is 15.0. The van der Waals surface area contributed by atoms with Gasteiger partial charge in [0.2, 0.25) is 0 Å². The van der Waals surface area contributed by atoms with Crippen molar-refractivity contribution in [3.05, 3.63) is 46.6 Å². The van der Waals surface area contributed by atoms with Crippen molar-refractivity contribution in [3.8, 4) is 6.07 Å². The molecule has 104 valence electrons. The molecule has 0 fully saturated rings. The highest BCUT2D eigenvalue weighted by Gasteiger charge is 2.15. The van der Waals surface area contributed by atoms with E-state index in [1.807, 2.05) is 36.2 Å². The summed E-state index contributed by atoms with van der Waals surface area (Å²) in [6.07, 6.45) is 1.60. The molecule has 1 aromatic carbocycles. The van der Waals surface area contributed by atoms with Gasteiger partial charge in [0.15, 0.2) is 0 Å². The molecule has 0 aliphatic heterocycles. The number of nitrogens with zero attached hydrogens (tertiary/aromatic N) is 4. The molecule has 5 heteroatoms. The normalized spacial score (nSPS) is 10.6. The smallest absolute Gasteiger partial charge is 0.145 e. The monoisotopic (exact) mass is 294 g/mol. The van der Waals surface area contributed by atoms with Crippen molar-refractivity contribution in [2.45, 2.75) is 13.8 Å². The van der Waals surface area contributed by atoms with E-state index in [2.05, 4.69) is 29.9 Å². The number of aromatic nitrogens is 2. The fraction of sp³-hybridized carbons (Fsp3) is 0.188. The molecule has 0 N–H and O–H groups in total. The minimum Gasteiger partial charge on any atom is -0.329 e. The Morgan fingerprint density at radius 3 is 2.52 bits per heavy atom. The predicted molar refractivity (Wildman–Crippen MR) is 86.1 cm³/mol. The zero-order valence-corrected chi connectivity index (χ0v) is 12.9. The highest BCUT2D eigenvalue weighted by atomic mass is 32.1. The first-order valence-electron chi connectivity index (χ1n) is 6.56. The van der Waals surface area contributed by atoms with Crippen molar-refractivity contribution in [3.63, 3.8) is 0 Å². The van der Waals surface area contributed by atoms with Crippen LogP contribution in [-0.2, 0) is 0 Å². The topological polar surface area (TPSA) is 52.8 Å². The summed E-state index contributed by atoms with van der Waals surface area (Å²) in [5.74, 6) is 0.895. The first-order valence-corrected chi connectivity index (χ1v) is 7.38. The van der Waals surface area contributed by atoms with Crippen molar-refractivity contribution < 1.29 is 0 Å². The molecule has 0 aliphatic rings. The van der Waals surface area contributed by atoms with Crippen molar-refractivity contribution >= 4 is 33.1 Å². The molecular weight excluding hydrogens is 280 g/mol. The maximum atomic E-state index is 8.88. The Balaban J connectivity index is 2.13. The van der Waals surface area contributed by atoms with Crippen molar-refractivity contribution in [2.24, 2.45) is 0 Å². The quantitative estimate of drug-likeness (QED) is 0.718. The summed E-state index contributed by atoms with van der Waals surface area (Å²) in [6.45, 7) is 4.21. The van der Waals surface area contributed by atoms with Gasteiger partial charge in [-0.2, -0.15) is 5.26 Å². The van der Waals surface area contributed by atoms with Gasteiger partial charge in [0, 0.05) is 17.6 Å². The molecule has 0 atom stereocenters. The van der Waals surface area contributed by atoms with Gasteiger partial charge in [0.1, 0.15) is 17.0 Å². The lowest BCUT2D eigenvalue weighted by Crippen LogP contribution is -2.11. The molecule has 0 aliphatic carbocycles. The molecule has 2 heterocycles. The third-order valence-corrected chi connectivity index (χ3v) is 4.76. The van der Waals surface area contributed by atoms with Gasteiger partial charge in [0.05, 0.1) is 17.0 Å². The molecule has 0 spiro atoms. The first kappa shape index (κ1) is 13.5. The number of thiophene rings is 1. The number of aryl methyl sites for hydroxylation is 2. The summed E-state index contributed by atoms with van der Waals surface area (Å²) in [5, 5.41) is 9.99. The van der Waals surface area contributed by atoms with Gasteiger partial charge in [-0.1, -0.05) is 0 Å². The van der Waals surface area contributed by atoms with Gasteiger partial charge in [-0.15, -0.1) is 11.3 Å². The lowest BCUT2D eigenvalue weighted by molar-refractivity contribution is 1.11. The molecule has 3 aromatic rings. The van der Waals surface area contributed by atoms with Crippen LogP contribution in [0, 0.1) is 25.2 Å². The van der Waals surface area contributed by atoms with Crippen LogP contribution in [0.2, 0.25) is 0 Å². The summed E-state index contributed by atoms with van der Waals surface area (Å²) in [6, 6.07) is 9.63. The largest absolute Gasteiger partial charge is 0.329 e. The molecule has 3 rings (SSSR count). The van der Waals surface area contributed by atoms with Crippen LogP contribution in [0.15, 0.2) is 30.6 Å². The van der Waals surface area contributed by atoms with Crippen LogP contribution >= 0.6 is 11.3 Å². The van der Waals surface area contributed by atoms with E-state index in [1.165, 1.54) is 10.4 Å². The van der Waals surface area contributed by atoms with Crippen LogP contribution < -0.4 is 4.90 Å². The second-order valence-corrected chi connectivity index (χ2v) is 6.08. The highest BCUT2D eigenvalue weighted by Crippen LogP contribution is 2.36. The second kappa shape index (κ2) is 5.15. The van der Waals surface area contributed by atoms with Crippen molar-refractivity contribution in [1.29, 1.82) is 5.26 Å². The van der Waals surface area contributed by atoms with Gasteiger partial charge in [-0.05, 0) is 43.7 Å². The zero-order valence-electron chi connectivity index (χ0n) is 12.1. The van der Waals surface area contributed by atoms with Crippen LogP contribution in [0.3, 0.4) is 0 Å². The molecule has 0 bridgehead atoms. The summed E-state index contributed by atoms with van der Waals surface area (Å²) < 4.78 is 0. The van der Waals surface area contributed by atoms with Crippen LogP contribution in [-0.4, -0.2) is 17.0 Å². The summed E-state index contributed by atoms with van der Waals surface area (Å²) in [7, 11) is 1.98. The molecule has 0 amide bonds. The lowest BCUT2D eigenvalue weighted by atomic mass is 10.2. The van der Waals surface area contributed by atoms with Crippen LogP contribution in [0.4, 0.5) is 11.5 Å². The van der Waals surface area contributed by atoms with Crippen molar-refractivity contribution in [2.75, 3.05) is 11.9 Å². The van der Waals surface area contributed by atoms with E-state index in [9.17, 15) is 0 Å². The Labute approximate surface area is 127 Å². The molecule has 21 heavy (non-hydrogen) atoms. The van der Waals surface area contributed by atoms with Crippen molar-refractivity contribution in [1.82, 2.24) is 9.97 Å². The van der Waals surface area contributed by atoms with E-state index in [-0.39, 0.29) is 0 Å². The Bertz CT molecular complexity index is 843. The Morgan fingerprint density at radius 2 is 1.86 bits per heavy atom. The minimum absolute atomic E-state index is 0.655. The Kier molecular flexibility index (Phi) is 3.32. The van der Waals surface area contributed by atoms with Gasteiger partial charge >= 0.3 is 0 Å². The molecule has 0 saturated carbocycles. The SMILES string of the molecule is Cc1sc2ncnc(N(C)c3ccc(C#N)cc3)c2c1C. The van der Waals surface area contributed by atoms with Crippen LogP contribution in [0.25, 0.3) is 10.2 Å². The maximum absolute atomic E-state index is 8.88. The van der Waals surface area contributed by atoms with E-state index in [4.69, 9.17) is 5.26 Å². The maximum Gasteiger partial charge on any atom is 0.145 e. The highest BCUT2D eigenvalue weighted by molar-refractivity contribution is 7.18. The fourth-order valence-electron chi connectivity index (χ4n) is 2.30.